The lowest BCUT2D eigenvalue weighted by atomic mass is 10.1. The third-order valence-electron chi connectivity index (χ3n) is 3.50. The molecule has 1 unspecified atom stereocenters. The molecule has 1 atom stereocenters. The molecule has 0 bridgehead atoms. The Morgan fingerprint density at radius 3 is 2.95 bits per heavy atom. The van der Waals surface area contributed by atoms with Crippen molar-refractivity contribution >= 4 is 22.2 Å². The molecule has 1 aromatic carbocycles. The topological polar surface area (TPSA) is 24.9 Å². The number of rotatable bonds is 5. The lowest BCUT2D eigenvalue weighted by Gasteiger charge is -2.14. The number of benzene rings is 1. The van der Waals surface area contributed by atoms with Gasteiger partial charge in [-0.1, -0.05) is 18.2 Å². The summed E-state index contributed by atoms with van der Waals surface area (Å²) in [5, 5.41) is 9.21. The number of hydrogen-bond donors (Lipinski definition) is 1. The normalized spacial score (nSPS) is 12.7. The van der Waals surface area contributed by atoms with Crippen LogP contribution in [0.3, 0.4) is 0 Å². The van der Waals surface area contributed by atoms with Gasteiger partial charge in [-0.3, -0.25) is 4.98 Å². The lowest BCUT2D eigenvalue weighted by Crippen LogP contribution is -2.27. The second-order valence-electron chi connectivity index (χ2n) is 5.10. The molecule has 0 aliphatic heterocycles. The minimum atomic E-state index is 0.469. The monoisotopic (exact) mass is 282 g/mol. The number of fused-ring (bicyclic) bond motifs is 1. The molecule has 0 aliphatic carbocycles. The quantitative estimate of drug-likeness (QED) is 0.764. The van der Waals surface area contributed by atoms with Crippen LogP contribution in [0.25, 0.3) is 10.9 Å². The number of para-hydroxylation sites is 1. The van der Waals surface area contributed by atoms with Gasteiger partial charge in [0.25, 0.3) is 0 Å². The van der Waals surface area contributed by atoms with Crippen LogP contribution in [0.5, 0.6) is 0 Å². The maximum atomic E-state index is 4.40. The van der Waals surface area contributed by atoms with E-state index >= 15 is 0 Å². The first-order chi connectivity index (χ1) is 9.83. The summed E-state index contributed by atoms with van der Waals surface area (Å²) in [5.74, 6) is 0. The van der Waals surface area contributed by atoms with E-state index in [2.05, 4.69) is 58.3 Å². The van der Waals surface area contributed by atoms with Crippen LogP contribution in [-0.4, -0.2) is 11.0 Å². The fourth-order valence-corrected chi connectivity index (χ4v) is 3.11. The summed E-state index contributed by atoms with van der Waals surface area (Å²) in [5.41, 5.74) is 3.79. The highest BCUT2D eigenvalue weighted by Gasteiger charge is 2.05. The largest absolute Gasteiger partial charge is 0.310 e. The molecule has 0 amide bonds. The molecule has 2 nitrogen and oxygen atoms in total. The summed E-state index contributed by atoms with van der Waals surface area (Å²) >= 11 is 1.76. The van der Waals surface area contributed by atoms with Crippen LogP contribution in [0.4, 0.5) is 0 Å². The molecule has 3 heteroatoms. The fraction of sp³-hybridized carbons (Fsp3) is 0.235. The summed E-state index contributed by atoms with van der Waals surface area (Å²) in [7, 11) is 0. The van der Waals surface area contributed by atoms with Gasteiger partial charge in [-0.15, -0.1) is 0 Å². The third kappa shape index (κ3) is 3.06. The molecule has 3 rings (SSSR count). The molecule has 0 aliphatic rings. The number of nitrogens with zero attached hydrogens (tertiary/aromatic N) is 1. The van der Waals surface area contributed by atoms with Crippen LogP contribution in [-0.2, 0) is 13.0 Å². The van der Waals surface area contributed by atoms with Gasteiger partial charge in [0, 0.05) is 24.2 Å². The standard InChI is InChI=1S/C17H18N2S/c1-13(10-14-7-9-20-12-14)19-11-15-6-8-18-17-5-3-2-4-16(15)17/h2-9,12-13,19H,10-11H2,1H3. The van der Waals surface area contributed by atoms with Crippen LogP contribution in [0, 0.1) is 0 Å². The second kappa shape index (κ2) is 6.16. The SMILES string of the molecule is CC(Cc1ccsc1)NCc1ccnc2ccccc12. The van der Waals surface area contributed by atoms with Crippen molar-refractivity contribution in [3.05, 3.63) is 64.5 Å². The summed E-state index contributed by atoms with van der Waals surface area (Å²) in [4.78, 5) is 4.40. The average Bonchev–Trinajstić information content (AvgIpc) is 2.98. The Morgan fingerprint density at radius 1 is 1.20 bits per heavy atom. The number of aromatic nitrogens is 1. The van der Waals surface area contributed by atoms with Crippen molar-refractivity contribution in [2.45, 2.75) is 25.9 Å². The molecule has 2 aromatic heterocycles. The first-order valence-electron chi connectivity index (χ1n) is 6.90. The van der Waals surface area contributed by atoms with E-state index < -0.39 is 0 Å². The zero-order valence-corrected chi connectivity index (χ0v) is 12.4. The Bertz CT molecular complexity index is 671. The van der Waals surface area contributed by atoms with Crippen molar-refractivity contribution < 1.29 is 0 Å². The minimum Gasteiger partial charge on any atom is -0.310 e. The third-order valence-corrected chi connectivity index (χ3v) is 4.23. The van der Waals surface area contributed by atoms with Crippen molar-refractivity contribution in [1.29, 1.82) is 0 Å². The number of thiophene rings is 1. The van der Waals surface area contributed by atoms with Gasteiger partial charge in [-0.2, -0.15) is 11.3 Å². The molecular weight excluding hydrogens is 264 g/mol. The zero-order valence-electron chi connectivity index (χ0n) is 11.5. The fourth-order valence-electron chi connectivity index (χ4n) is 2.43. The Morgan fingerprint density at radius 2 is 2.10 bits per heavy atom. The first kappa shape index (κ1) is 13.3. The summed E-state index contributed by atoms with van der Waals surface area (Å²) in [6, 6.07) is 13.1. The van der Waals surface area contributed by atoms with Gasteiger partial charge in [0.2, 0.25) is 0 Å². The van der Waals surface area contributed by atoms with Gasteiger partial charge in [-0.25, -0.2) is 0 Å². The smallest absolute Gasteiger partial charge is 0.0705 e. The van der Waals surface area contributed by atoms with Crippen molar-refractivity contribution in [2.75, 3.05) is 0 Å². The van der Waals surface area contributed by atoms with Crippen LogP contribution < -0.4 is 5.32 Å². The second-order valence-corrected chi connectivity index (χ2v) is 5.88. The molecule has 0 radical (unpaired) electrons. The highest BCUT2D eigenvalue weighted by atomic mass is 32.1. The molecular formula is C17H18N2S. The first-order valence-corrected chi connectivity index (χ1v) is 7.84. The molecule has 1 N–H and O–H groups in total. The highest BCUT2D eigenvalue weighted by molar-refractivity contribution is 7.07. The number of nitrogens with one attached hydrogen (secondary N) is 1. The molecule has 0 spiro atoms. The van der Waals surface area contributed by atoms with E-state index in [4.69, 9.17) is 0 Å². The van der Waals surface area contributed by atoms with Gasteiger partial charge in [0.15, 0.2) is 0 Å². The van der Waals surface area contributed by atoms with Crippen molar-refractivity contribution in [3.8, 4) is 0 Å². The van der Waals surface area contributed by atoms with Crippen LogP contribution in [0.15, 0.2) is 53.4 Å². The molecule has 0 saturated carbocycles. The van der Waals surface area contributed by atoms with Crippen LogP contribution >= 0.6 is 11.3 Å². The van der Waals surface area contributed by atoms with E-state index in [0.29, 0.717) is 6.04 Å². The summed E-state index contributed by atoms with van der Waals surface area (Å²) in [6.07, 6.45) is 2.97. The Balaban J connectivity index is 1.67. The predicted molar refractivity (Wildman–Crippen MR) is 86.1 cm³/mol. The van der Waals surface area contributed by atoms with Gasteiger partial charge in [0.05, 0.1) is 5.52 Å². The van der Waals surface area contributed by atoms with Crippen molar-refractivity contribution in [3.63, 3.8) is 0 Å². The van der Waals surface area contributed by atoms with E-state index in [1.54, 1.807) is 11.3 Å². The van der Waals surface area contributed by atoms with Gasteiger partial charge >= 0.3 is 0 Å². The average molecular weight is 282 g/mol. The van der Waals surface area contributed by atoms with E-state index in [1.807, 2.05) is 12.3 Å². The summed E-state index contributed by atoms with van der Waals surface area (Å²) < 4.78 is 0. The van der Waals surface area contributed by atoms with Gasteiger partial charge in [-0.05, 0) is 53.4 Å². The Hall–Kier alpha value is -1.71. The van der Waals surface area contributed by atoms with Crippen LogP contribution in [0.2, 0.25) is 0 Å². The molecule has 0 saturated heterocycles. The van der Waals surface area contributed by atoms with Crippen LogP contribution in [0.1, 0.15) is 18.1 Å². The number of hydrogen-bond acceptors (Lipinski definition) is 3. The zero-order chi connectivity index (χ0) is 13.8. The van der Waals surface area contributed by atoms with Crippen molar-refractivity contribution in [2.24, 2.45) is 0 Å². The predicted octanol–water partition coefficient (Wildman–Crippen LogP) is 4.02. The summed E-state index contributed by atoms with van der Waals surface area (Å²) in [6.45, 7) is 3.12. The van der Waals surface area contributed by atoms with Gasteiger partial charge in [0.1, 0.15) is 0 Å². The maximum Gasteiger partial charge on any atom is 0.0705 e. The highest BCUT2D eigenvalue weighted by Crippen LogP contribution is 2.16. The molecule has 20 heavy (non-hydrogen) atoms. The minimum absolute atomic E-state index is 0.469. The Kier molecular flexibility index (Phi) is 4.09. The molecule has 102 valence electrons. The van der Waals surface area contributed by atoms with Crippen molar-refractivity contribution in [1.82, 2.24) is 10.3 Å². The molecule has 3 aromatic rings. The molecule has 2 heterocycles. The van der Waals surface area contributed by atoms with E-state index in [-0.39, 0.29) is 0 Å². The van der Waals surface area contributed by atoms with Gasteiger partial charge < -0.3 is 5.32 Å². The van der Waals surface area contributed by atoms with E-state index in [1.165, 1.54) is 16.5 Å². The number of pyridine rings is 1. The lowest BCUT2D eigenvalue weighted by molar-refractivity contribution is 0.547. The Labute approximate surface area is 123 Å². The molecule has 0 fully saturated rings. The maximum absolute atomic E-state index is 4.40. The van der Waals surface area contributed by atoms with E-state index in [0.717, 1.165) is 18.5 Å². The van der Waals surface area contributed by atoms with E-state index in [9.17, 15) is 0 Å².